The van der Waals surface area contributed by atoms with Gasteiger partial charge in [0.25, 0.3) is 0 Å². The maximum atomic E-state index is 13.6. The van der Waals surface area contributed by atoms with Crippen molar-refractivity contribution < 1.29 is 13.5 Å². The van der Waals surface area contributed by atoms with Crippen LogP contribution in [0.2, 0.25) is 0 Å². The van der Waals surface area contributed by atoms with E-state index >= 15 is 0 Å². The third-order valence-corrected chi connectivity index (χ3v) is 2.57. The highest BCUT2D eigenvalue weighted by atomic mass is 19.1. The molecule has 0 heterocycles. The number of rotatable bonds is 3. The van der Waals surface area contributed by atoms with Crippen LogP contribution in [-0.4, -0.2) is 6.54 Å². The predicted octanol–water partition coefficient (Wildman–Crippen LogP) is 2.85. The molecule has 0 unspecified atom stereocenters. The molecule has 2 aromatic rings. The van der Waals surface area contributed by atoms with Crippen molar-refractivity contribution in [3.8, 4) is 17.6 Å². The molecule has 0 saturated carbocycles. The molecule has 2 rings (SSSR count). The number of benzene rings is 2. The predicted molar refractivity (Wildman–Crippen MR) is 73.1 cm³/mol. The lowest BCUT2D eigenvalue weighted by Crippen LogP contribution is -1.98. The second-order valence-electron chi connectivity index (χ2n) is 4.07. The van der Waals surface area contributed by atoms with E-state index in [4.69, 9.17) is 10.5 Å². The highest BCUT2D eigenvalue weighted by Gasteiger charge is 2.04. The number of hydrogen-bond acceptors (Lipinski definition) is 2. The van der Waals surface area contributed by atoms with Crippen molar-refractivity contribution in [1.82, 2.24) is 0 Å². The van der Waals surface area contributed by atoms with Crippen molar-refractivity contribution in [3.05, 3.63) is 65.2 Å². The number of hydrogen-bond donors (Lipinski definition) is 1. The van der Waals surface area contributed by atoms with Crippen molar-refractivity contribution in [2.45, 2.75) is 6.61 Å². The summed E-state index contributed by atoms with van der Waals surface area (Å²) in [5.41, 5.74) is 6.67. The van der Waals surface area contributed by atoms with Gasteiger partial charge in [-0.2, -0.15) is 0 Å². The Kier molecular flexibility index (Phi) is 4.70. The lowest BCUT2D eigenvalue weighted by Gasteiger charge is -2.07. The minimum absolute atomic E-state index is 0.109. The first-order valence-corrected chi connectivity index (χ1v) is 6.05. The molecule has 0 fully saturated rings. The van der Waals surface area contributed by atoms with Gasteiger partial charge in [-0.05, 0) is 35.9 Å². The summed E-state index contributed by atoms with van der Waals surface area (Å²) < 4.78 is 31.7. The van der Waals surface area contributed by atoms with E-state index in [9.17, 15) is 8.78 Å². The van der Waals surface area contributed by atoms with Crippen LogP contribution in [0.5, 0.6) is 5.75 Å². The van der Waals surface area contributed by atoms with Gasteiger partial charge in [0.05, 0.1) is 6.54 Å². The van der Waals surface area contributed by atoms with Gasteiger partial charge >= 0.3 is 0 Å². The molecule has 0 amide bonds. The van der Waals surface area contributed by atoms with Crippen LogP contribution in [0.3, 0.4) is 0 Å². The molecule has 2 nitrogen and oxygen atoms in total. The molecule has 102 valence electrons. The van der Waals surface area contributed by atoms with Crippen molar-refractivity contribution in [2.24, 2.45) is 5.73 Å². The van der Waals surface area contributed by atoms with E-state index < -0.39 is 5.82 Å². The fraction of sp³-hybridized carbons (Fsp3) is 0.125. The van der Waals surface area contributed by atoms with E-state index in [1.54, 1.807) is 18.2 Å². The van der Waals surface area contributed by atoms with E-state index in [1.165, 1.54) is 24.3 Å². The van der Waals surface area contributed by atoms with Crippen LogP contribution in [0.25, 0.3) is 0 Å². The van der Waals surface area contributed by atoms with Crippen molar-refractivity contribution >= 4 is 0 Å². The Balaban J connectivity index is 2.10. The van der Waals surface area contributed by atoms with Crippen molar-refractivity contribution in [1.29, 1.82) is 0 Å². The highest BCUT2D eigenvalue weighted by molar-refractivity contribution is 5.40. The van der Waals surface area contributed by atoms with Crippen LogP contribution >= 0.6 is 0 Å². The van der Waals surface area contributed by atoms with Crippen LogP contribution in [0.1, 0.15) is 11.1 Å². The number of ether oxygens (including phenoxy) is 1. The van der Waals surface area contributed by atoms with Crippen LogP contribution in [-0.2, 0) is 6.61 Å². The minimum Gasteiger partial charge on any atom is -0.486 e. The zero-order valence-electron chi connectivity index (χ0n) is 10.7. The molecule has 2 N–H and O–H groups in total. The molecule has 0 spiro atoms. The Labute approximate surface area is 116 Å². The summed E-state index contributed by atoms with van der Waals surface area (Å²) >= 11 is 0. The third-order valence-electron chi connectivity index (χ3n) is 2.57. The molecular formula is C16H13F2NO. The summed E-state index contributed by atoms with van der Waals surface area (Å²) in [4.78, 5) is 0. The fourth-order valence-electron chi connectivity index (χ4n) is 1.59. The topological polar surface area (TPSA) is 35.2 Å². The molecule has 4 heteroatoms. The van der Waals surface area contributed by atoms with E-state index in [-0.39, 0.29) is 24.7 Å². The third kappa shape index (κ3) is 3.81. The van der Waals surface area contributed by atoms with Gasteiger partial charge in [-0.3, -0.25) is 0 Å². The molecular weight excluding hydrogens is 260 g/mol. The molecule has 0 atom stereocenters. The normalized spacial score (nSPS) is 9.75. The van der Waals surface area contributed by atoms with E-state index in [2.05, 4.69) is 11.8 Å². The molecule has 0 aliphatic rings. The lowest BCUT2D eigenvalue weighted by molar-refractivity contribution is 0.290. The van der Waals surface area contributed by atoms with Gasteiger partial charge in [-0.1, -0.05) is 24.0 Å². The molecule has 0 saturated heterocycles. The maximum Gasteiger partial charge on any atom is 0.165 e. The van der Waals surface area contributed by atoms with E-state index in [1.807, 2.05) is 0 Å². The first-order valence-electron chi connectivity index (χ1n) is 6.05. The number of nitrogens with two attached hydrogens (primary N) is 1. The van der Waals surface area contributed by atoms with Gasteiger partial charge in [-0.15, -0.1) is 0 Å². The molecule has 2 aromatic carbocycles. The molecule has 0 bridgehead atoms. The van der Waals surface area contributed by atoms with Crippen LogP contribution in [0.4, 0.5) is 8.78 Å². The van der Waals surface area contributed by atoms with Crippen LogP contribution in [0, 0.1) is 23.5 Å². The average molecular weight is 273 g/mol. The maximum absolute atomic E-state index is 13.6. The summed E-state index contributed by atoms with van der Waals surface area (Å²) in [5.74, 6) is 4.82. The second-order valence-corrected chi connectivity index (χ2v) is 4.07. The van der Waals surface area contributed by atoms with Gasteiger partial charge in [0.15, 0.2) is 11.6 Å². The quantitative estimate of drug-likeness (QED) is 0.873. The second kappa shape index (κ2) is 6.69. The van der Waals surface area contributed by atoms with Gasteiger partial charge in [-0.25, -0.2) is 8.78 Å². The summed E-state index contributed by atoms with van der Waals surface area (Å²) in [6.45, 7) is 0.397. The van der Waals surface area contributed by atoms with Crippen molar-refractivity contribution in [2.75, 3.05) is 6.54 Å². The fourth-order valence-corrected chi connectivity index (χ4v) is 1.59. The minimum atomic E-state index is -0.467. The Bertz CT molecular complexity index is 642. The first kappa shape index (κ1) is 14.0. The Morgan fingerprint density at radius 2 is 1.80 bits per heavy atom. The summed E-state index contributed by atoms with van der Waals surface area (Å²) in [6.07, 6.45) is 0. The standard InChI is InChI=1S/C16H13F2NO/c17-14-6-3-13(4-7-14)11-20-16-10-12(2-1-9-19)5-8-15(16)18/h3-8,10H,9,11,19H2. The molecule has 0 aromatic heterocycles. The number of halogens is 2. The summed E-state index contributed by atoms with van der Waals surface area (Å²) in [7, 11) is 0. The SMILES string of the molecule is NCC#Cc1ccc(F)c(OCc2ccc(F)cc2)c1. The van der Waals surface area contributed by atoms with Gasteiger partial charge in [0, 0.05) is 5.56 Å². The molecule has 20 heavy (non-hydrogen) atoms. The van der Waals surface area contributed by atoms with Crippen LogP contribution < -0.4 is 10.5 Å². The average Bonchev–Trinajstić information content (AvgIpc) is 2.46. The van der Waals surface area contributed by atoms with Crippen molar-refractivity contribution in [3.63, 3.8) is 0 Å². The molecule has 0 aliphatic carbocycles. The van der Waals surface area contributed by atoms with Crippen LogP contribution in [0.15, 0.2) is 42.5 Å². The molecule has 0 aliphatic heterocycles. The smallest absolute Gasteiger partial charge is 0.165 e. The van der Waals surface area contributed by atoms with Gasteiger partial charge < -0.3 is 10.5 Å². The zero-order valence-corrected chi connectivity index (χ0v) is 10.7. The van der Waals surface area contributed by atoms with Gasteiger partial charge in [0.1, 0.15) is 12.4 Å². The monoisotopic (exact) mass is 273 g/mol. The zero-order chi connectivity index (χ0) is 14.4. The Hall–Kier alpha value is -2.38. The first-order chi connectivity index (χ1) is 9.69. The largest absolute Gasteiger partial charge is 0.486 e. The molecule has 0 radical (unpaired) electrons. The highest BCUT2D eigenvalue weighted by Crippen LogP contribution is 2.19. The van der Waals surface area contributed by atoms with E-state index in [0.29, 0.717) is 5.56 Å². The van der Waals surface area contributed by atoms with E-state index in [0.717, 1.165) is 5.56 Å². The lowest BCUT2D eigenvalue weighted by atomic mass is 10.2. The summed E-state index contributed by atoms with van der Waals surface area (Å²) in [6, 6.07) is 10.2. The Morgan fingerprint density at radius 1 is 1.05 bits per heavy atom. The Morgan fingerprint density at radius 3 is 2.50 bits per heavy atom. The van der Waals surface area contributed by atoms with Gasteiger partial charge in [0.2, 0.25) is 0 Å². The summed E-state index contributed by atoms with van der Waals surface area (Å²) in [5, 5.41) is 0.